The Morgan fingerprint density at radius 2 is 1.72 bits per heavy atom. The molecule has 1 unspecified atom stereocenters. The molecule has 0 radical (unpaired) electrons. The van der Waals surface area contributed by atoms with Gasteiger partial charge in [0.15, 0.2) is 0 Å². The van der Waals surface area contributed by atoms with E-state index in [-0.39, 0.29) is 24.7 Å². The molecule has 2 aromatic rings. The van der Waals surface area contributed by atoms with Crippen LogP contribution in [0.1, 0.15) is 41.2 Å². The van der Waals surface area contributed by atoms with Gasteiger partial charge in [0.05, 0.1) is 19.6 Å². The first-order chi connectivity index (χ1) is 13.9. The summed E-state index contributed by atoms with van der Waals surface area (Å²) in [6, 6.07) is 13.5. The summed E-state index contributed by atoms with van der Waals surface area (Å²) in [5.74, 6) is -0.837. The molecule has 0 heterocycles. The summed E-state index contributed by atoms with van der Waals surface area (Å²) >= 11 is 9.17. The van der Waals surface area contributed by atoms with E-state index in [2.05, 4.69) is 26.6 Å². The van der Waals surface area contributed by atoms with Crippen LogP contribution in [0.3, 0.4) is 0 Å². The summed E-state index contributed by atoms with van der Waals surface area (Å²) < 4.78 is 5.63. The van der Waals surface area contributed by atoms with E-state index in [0.717, 1.165) is 10.0 Å². The van der Waals surface area contributed by atoms with Crippen LogP contribution in [-0.4, -0.2) is 31.4 Å². The maximum atomic E-state index is 12.3. The number of esters is 1. The number of carbonyl (C=O) groups excluding carboxylic acids is 3. The number of amides is 2. The van der Waals surface area contributed by atoms with Crippen LogP contribution in [0, 0.1) is 0 Å². The lowest BCUT2D eigenvalue weighted by Crippen LogP contribution is -2.31. The van der Waals surface area contributed by atoms with Gasteiger partial charge in [-0.1, -0.05) is 39.7 Å². The Kier molecular flexibility index (Phi) is 9.15. The highest BCUT2D eigenvalue weighted by Crippen LogP contribution is 2.20. The molecular formula is C21H22BrClN2O4. The molecule has 0 bridgehead atoms. The third-order valence-corrected chi connectivity index (χ3v) is 4.96. The minimum Gasteiger partial charge on any atom is -0.469 e. The Bertz CT molecular complexity index is 841. The SMILES string of the molecule is COC(=O)CC(NC(=O)CCCNC(=O)c1ccc(Cl)cc1)c1ccc(Br)cc1. The van der Waals surface area contributed by atoms with Gasteiger partial charge in [-0.2, -0.15) is 0 Å². The van der Waals surface area contributed by atoms with Crippen molar-refractivity contribution in [2.24, 2.45) is 0 Å². The predicted octanol–water partition coefficient (Wildman–Crippen LogP) is 4.03. The standard InChI is InChI=1S/C21H22BrClN2O4/c1-29-20(27)13-18(14-4-8-16(22)9-5-14)25-19(26)3-2-12-24-21(28)15-6-10-17(23)11-7-15/h4-11,18H,2-3,12-13H2,1H3,(H,24,28)(H,25,26). The summed E-state index contributed by atoms with van der Waals surface area (Å²) in [5.41, 5.74) is 1.32. The minimum absolute atomic E-state index is 0.0389. The molecular weight excluding hydrogens is 460 g/mol. The third kappa shape index (κ3) is 7.87. The second-order valence-corrected chi connectivity index (χ2v) is 7.67. The third-order valence-electron chi connectivity index (χ3n) is 4.18. The Hall–Kier alpha value is -2.38. The molecule has 0 aromatic heterocycles. The molecule has 154 valence electrons. The molecule has 0 saturated carbocycles. The van der Waals surface area contributed by atoms with Gasteiger partial charge in [0.2, 0.25) is 5.91 Å². The lowest BCUT2D eigenvalue weighted by Gasteiger charge is -2.18. The van der Waals surface area contributed by atoms with Crippen LogP contribution in [-0.2, 0) is 14.3 Å². The molecule has 1 atom stereocenters. The fraction of sp³-hybridized carbons (Fsp3) is 0.286. The molecule has 6 nitrogen and oxygen atoms in total. The van der Waals surface area contributed by atoms with Crippen LogP contribution in [0.25, 0.3) is 0 Å². The highest BCUT2D eigenvalue weighted by atomic mass is 79.9. The first kappa shape index (κ1) is 22.9. The van der Waals surface area contributed by atoms with Crippen LogP contribution in [0.4, 0.5) is 0 Å². The molecule has 8 heteroatoms. The zero-order valence-electron chi connectivity index (χ0n) is 15.9. The number of methoxy groups -OCH3 is 1. The van der Waals surface area contributed by atoms with Crippen molar-refractivity contribution in [3.63, 3.8) is 0 Å². The molecule has 0 fully saturated rings. The normalized spacial score (nSPS) is 11.4. The van der Waals surface area contributed by atoms with E-state index in [1.165, 1.54) is 7.11 Å². The number of rotatable bonds is 9. The molecule has 0 aliphatic rings. The lowest BCUT2D eigenvalue weighted by atomic mass is 10.0. The monoisotopic (exact) mass is 480 g/mol. The van der Waals surface area contributed by atoms with Crippen molar-refractivity contribution in [2.75, 3.05) is 13.7 Å². The summed E-state index contributed by atoms with van der Waals surface area (Å²) in [4.78, 5) is 36.0. The average Bonchev–Trinajstić information content (AvgIpc) is 2.71. The van der Waals surface area contributed by atoms with Gasteiger partial charge in [0, 0.05) is 28.0 Å². The van der Waals surface area contributed by atoms with Crippen molar-refractivity contribution in [1.29, 1.82) is 0 Å². The van der Waals surface area contributed by atoms with Crippen molar-refractivity contribution in [3.05, 3.63) is 69.2 Å². The maximum Gasteiger partial charge on any atom is 0.307 e. The van der Waals surface area contributed by atoms with Gasteiger partial charge in [-0.3, -0.25) is 14.4 Å². The van der Waals surface area contributed by atoms with Crippen LogP contribution in [0.5, 0.6) is 0 Å². The van der Waals surface area contributed by atoms with Gasteiger partial charge in [-0.15, -0.1) is 0 Å². The number of ether oxygens (including phenoxy) is 1. The lowest BCUT2D eigenvalue weighted by molar-refractivity contribution is -0.141. The quantitative estimate of drug-likeness (QED) is 0.418. The number of nitrogens with one attached hydrogen (secondary N) is 2. The van der Waals surface area contributed by atoms with Crippen molar-refractivity contribution < 1.29 is 19.1 Å². The van der Waals surface area contributed by atoms with E-state index in [1.807, 2.05) is 24.3 Å². The van der Waals surface area contributed by atoms with E-state index in [4.69, 9.17) is 16.3 Å². The van der Waals surface area contributed by atoms with Crippen LogP contribution in [0.2, 0.25) is 5.02 Å². The number of halogens is 2. The largest absolute Gasteiger partial charge is 0.469 e. The summed E-state index contributed by atoms with van der Waals surface area (Å²) in [7, 11) is 1.31. The molecule has 2 rings (SSSR count). The molecule has 2 aromatic carbocycles. The molecule has 0 aliphatic carbocycles. The minimum atomic E-state index is -0.480. The fourth-order valence-electron chi connectivity index (χ4n) is 2.62. The average molecular weight is 482 g/mol. The topological polar surface area (TPSA) is 84.5 Å². The summed E-state index contributed by atoms with van der Waals surface area (Å²) in [5, 5.41) is 6.19. The zero-order valence-corrected chi connectivity index (χ0v) is 18.3. The smallest absolute Gasteiger partial charge is 0.307 e. The van der Waals surface area contributed by atoms with Gasteiger partial charge in [-0.05, 0) is 48.4 Å². The first-order valence-electron chi connectivity index (χ1n) is 9.04. The van der Waals surface area contributed by atoms with Gasteiger partial charge in [0.1, 0.15) is 0 Å². The molecule has 29 heavy (non-hydrogen) atoms. The molecule has 2 N–H and O–H groups in total. The molecule has 0 aliphatic heterocycles. The van der Waals surface area contributed by atoms with E-state index >= 15 is 0 Å². The van der Waals surface area contributed by atoms with Crippen LogP contribution in [0.15, 0.2) is 53.0 Å². The fourth-order valence-corrected chi connectivity index (χ4v) is 3.01. The highest BCUT2D eigenvalue weighted by molar-refractivity contribution is 9.10. The second kappa shape index (κ2) is 11.6. The summed E-state index contributed by atoms with van der Waals surface area (Å²) in [6.45, 7) is 0.356. The highest BCUT2D eigenvalue weighted by Gasteiger charge is 2.19. The van der Waals surface area contributed by atoms with Crippen LogP contribution < -0.4 is 10.6 Å². The van der Waals surface area contributed by atoms with Gasteiger partial charge in [0.25, 0.3) is 5.91 Å². The molecule has 0 saturated heterocycles. The van der Waals surface area contributed by atoms with Gasteiger partial charge >= 0.3 is 5.97 Å². The number of hydrogen-bond acceptors (Lipinski definition) is 4. The first-order valence-corrected chi connectivity index (χ1v) is 10.2. The van der Waals surface area contributed by atoms with Crippen molar-refractivity contribution >= 4 is 45.3 Å². The number of benzene rings is 2. The Morgan fingerprint density at radius 1 is 1.07 bits per heavy atom. The molecule has 2 amide bonds. The Balaban J connectivity index is 1.82. The van der Waals surface area contributed by atoms with Gasteiger partial charge < -0.3 is 15.4 Å². The molecule has 0 spiro atoms. The Labute approximate surface area is 183 Å². The van der Waals surface area contributed by atoms with Crippen molar-refractivity contribution in [1.82, 2.24) is 10.6 Å². The number of carbonyl (C=O) groups is 3. The summed E-state index contributed by atoms with van der Waals surface area (Å²) in [6.07, 6.45) is 0.725. The zero-order chi connectivity index (χ0) is 21.2. The second-order valence-electron chi connectivity index (χ2n) is 6.32. The Morgan fingerprint density at radius 3 is 2.34 bits per heavy atom. The predicted molar refractivity (Wildman–Crippen MR) is 115 cm³/mol. The number of hydrogen-bond donors (Lipinski definition) is 2. The van der Waals surface area contributed by atoms with E-state index in [0.29, 0.717) is 23.6 Å². The maximum absolute atomic E-state index is 12.3. The van der Waals surface area contributed by atoms with Gasteiger partial charge in [-0.25, -0.2) is 0 Å². The van der Waals surface area contributed by atoms with Crippen molar-refractivity contribution in [3.8, 4) is 0 Å². The van der Waals surface area contributed by atoms with Crippen molar-refractivity contribution in [2.45, 2.75) is 25.3 Å². The van der Waals surface area contributed by atoms with E-state index < -0.39 is 12.0 Å². The van der Waals surface area contributed by atoms with Crippen LogP contribution >= 0.6 is 27.5 Å². The van der Waals surface area contributed by atoms with E-state index in [1.54, 1.807) is 24.3 Å². The van der Waals surface area contributed by atoms with E-state index in [9.17, 15) is 14.4 Å².